The molecule has 0 amide bonds. The van der Waals surface area contributed by atoms with Gasteiger partial charge in [-0.15, -0.1) is 0 Å². The Morgan fingerprint density at radius 3 is 2.40 bits per heavy atom. The summed E-state index contributed by atoms with van der Waals surface area (Å²) in [5.74, 6) is -1.57. The first kappa shape index (κ1) is 22.8. The largest absolute Gasteiger partial charge is 0.349 e. The number of anilines is 1. The van der Waals surface area contributed by atoms with E-state index in [1.54, 1.807) is 25.6 Å². The Balaban J connectivity index is 1.69. The van der Waals surface area contributed by atoms with Crippen LogP contribution in [0.3, 0.4) is 0 Å². The second kappa shape index (κ2) is 9.09. The maximum Gasteiger partial charge on any atom is 0.349 e. The molecular weight excluding hydrogens is 412 g/mol. The molecule has 0 saturated carbocycles. The van der Waals surface area contributed by atoms with Gasteiger partial charge in [0.1, 0.15) is 11.5 Å². The Kier molecular flexibility index (Phi) is 6.91. The fourth-order valence-corrected chi connectivity index (χ4v) is 4.92. The zero-order valence-corrected chi connectivity index (χ0v) is 18.7. The zero-order chi connectivity index (χ0) is 22.1. The number of halogens is 2. The normalized spacial score (nSPS) is 17.8. The molecule has 1 aromatic carbocycles. The van der Waals surface area contributed by atoms with Crippen molar-refractivity contribution in [2.45, 2.75) is 31.6 Å². The lowest BCUT2D eigenvalue weighted by Crippen LogP contribution is -2.44. The maximum absolute atomic E-state index is 14.7. The minimum Gasteiger partial charge on any atom is -0.304 e. The molecule has 2 N–H and O–H groups in total. The van der Waals surface area contributed by atoms with Gasteiger partial charge < -0.3 is 9.80 Å². The highest BCUT2D eigenvalue weighted by Crippen LogP contribution is 2.29. The number of aryl methyl sites for hydroxylation is 3. The number of nitrogens with zero attached hydrogens (tertiary/aromatic N) is 4. The predicted octanol–water partition coefficient (Wildman–Crippen LogP) is 2.85. The van der Waals surface area contributed by atoms with Crippen LogP contribution in [0.5, 0.6) is 0 Å². The lowest BCUT2D eigenvalue weighted by Gasteiger charge is -2.32. The van der Waals surface area contributed by atoms with Crippen molar-refractivity contribution < 1.29 is 17.5 Å². The summed E-state index contributed by atoms with van der Waals surface area (Å²) in [6.07, 6.45) is 1.07. The van der Waals surface area contributed by atoms with Gasteiger partial charge in [-0.2, -0.15) is 14.4 Å². The Hall–Kier alpha value is -1.88. The molecule has 1 aliphatic heterocycles. The molecule has 0 spiro atoms. The first-order chi connectivity index (χ1) is 14.1. The van der Waals surface area contributed by atoms with E-state index in [4.69, 9.17) is 0 Å². The number of hydrogen-bond donors (Lipinski definition) is 2. The quantitative estimate of drug-likeness (QED) is 0.645. The molecule has 2 aromatic rings. The van der Waals surface area contributed by atoms with Crippen molar-refractivity contribution in [2.75, 3.05) is 44.5 Å². The first-order valence-corrected chi connectivity index (χ1v) is 11.5. The number of benzene rings is 1. The Labute approximate surface area is 177 Å². The molecule has 7 nitrogen and oxygen atoms in total. The lowest BCUT2D eigenvalue weighted by atomic mass is 10.1. The fraction of sp³-hybridized carbons (Fsp3) is 0.550. The van der Waals surface area contributed by atoms with Crippen molar-refractivity contribution in [3.8, 4) is 0 Å². The molecule has 3 rings (SSSR count). The summed E-state index contributed by atoms with van der Waals surface area (Å²) in [5, 5.41) is 4.16. The van der Waals surface area contributed by atoms with E-state index in [1.165, 1.54) is 0 Å². The van der Waals surface area contributed by atoms with Crippen molar-refractivity contribution in [1.29, 1.82) is 0 Å². The van der Waals surface area contributed by atoms with E-state index in [-0.39, 0.29) is 5.56 Å². The number of nitrogens with one attached hydrogen (secondary N) is 1. The van der Waals surface area contributed by atoms with Crippen LogP contribution >= 0.6 is 0 Å². The van der Waals surface area contributed by atoms with Crippen molar-refractivity contribution >= 4 is 16.1 Å². The van der Waals surface area contributed by atoms with Crippen molar-refractivity contribution in [3.63, 3.8) is 0 Å². The summed E-state index contributed by atoms with van der Waals surface area (Å²) in [6.45, 7) is 8.16. The van der Waals surface area contributed by atoms with E-state index in [9.17, 15) is 17.5 Å². The summed E-state index contributed by atoms with van der Waals surface area (Å²) in [7, 11) is -0.255. The molecule has 1 unspecified atom stereocenters. The van der Waals surface area contributed by atoms with Crippen molar-refractivity contribution in [3.05, 3.63) is 40.7 Å². The molecular formula is C20H30F2N5O2S+. The van der Waals surface area contributed by atoms with Crippen molar-refractivity contribution in [2.24, 2.45) is 7.05 Å². The standard InChI is InChI=1S/C20H29F2N5O2S/c1-14-20(15(2)26(4)23-14)24-30(28,29)19-13-17(21)16(12-18(19)22)6-5-7-27-10-8-25(3)9-11-27/h12-13H,5-11H2,1-4H3,(H-,24,28,29)/p+1. The van der Waals surface area contributed by atoms with E-state index < -0.39 is 26.9 Å². The van der Waals surface area contributed by atoms with Gasteiger partial charge in [-0.05, 0) is 56.1 Å². The topological polar surface area (TPSA) is 73.6 Å². The average molecular weight is 443 g/mol. The summed E-state index contributed by atoms with van der Waals surface area (Å²) in [6, 6.07) is 1.87. The van der Waals surface area contributed by atoms with Crippen molar-refractivity contribution in [1.82, 2.24) is 19.6 Å². The summed E-state index contributed by atoms with van der Waals surface area (Å²) in [4.78, 5) is 3.98. The molecule has 0 bridgehead atoms. The number of hydrogen-bond acceptors (Lipinski definition) is 4. The molecule has 30 heavy (non-hydrogen) atoms. The smallest absolute Gasteiger partial charge is 0.304 e. The highest BCUT2D eigenvalue weighted by atomic mass is 32.3. The molecule has 0 aliphatic carbocycles. The number of piperazine rings is 1. The minimum atomic E-state index is -4.04. The zero-order valence-electron chi connectivity index (χ0n) is 17.9. The van der Waals surface area contributed by atoms with Gasteiger partial charge in [-0.1, -0.05) is 0 Å². The molecule has 1 saturated heterocycles. The van der Waals surface area contributed by atoms with Crippen LogP contribution < -0.4 is 4.72 Å². The van der Waals surface area contributed by atoms with Crippen LogP contribution in [0.1, 0.15) is 23.4 Å². The summed E-state index contributed by atoms with van der Waals surface area (Å²) >= 11 is 0. The number of likely N-dealkylation sites (N-methyl/N-ethyl adjacent to an activating group) is 1. The van der Waals surface area contributed by atoms with Crippen LogP contribution in [0, 0.1) is 25.5 Å². The molecule has 1 atom stereocenters. The third kappa shape index (κ3) is 5.05. The lowest BCUT2D eigenvalue weighted by molar-refractivity contribution is 0.153. The fourth-order valence-electron chi connectivity index (χ4n) is 3.65. The maximum atomic E-state index is 14.7. The Morgan fingerprint density at radius 2 is 1.80 bits per heavy atom. The van der Waals surface area contributed by atoms with Gasteiger partial charge in [0.15, 0.2) is 5.82 Å². The summed E-state index contributed by atoms with van der Waals surface area (Å²) in [5.41, 5.74) is 1.67. The molecule has 1 fully saturated rings. The number of rotatable bonds is 7. The van der Waals surface area contributed by atoms with Gasteiger partial charge >= 0.3 is 10.4 Å². The first-order valence-electron chi connectivity index (χ1n) is 10.0. The van der Waals surface area contributed by atoms with Gasteiger partial charge in [-0.3, -0.25) is 4.68 Å². The Bertz CT molecular complexity index is 957. The molecule has 2 heterocycles. The predicted molar refractivity (Wildman–Crippen MR) is 114 cm³/mol. The van der Waals surface area contributed by atoms with E-state index in [0.717, 1.165) is 44.9 Å². The molecule has 166 valence electrons. The summed E-state index contributed by atoms with van der Waals surface area (Å²) < 4.78 is 56.5. The van der Waals surface area contributed by atoms with Crippen LogP contribution in [0.15, 0.2) is 17.0 Å². The van der Waals surface area contributed by atoms with Crippen LogP contribution in [0.2, 0.25) is 0 Å². The second-order valence-electron chi connectivity index (χ2n) is 7.92. The van der Waals surface area contributed by atoms with E-state index in [2.05, 4.69) is 26.7 Å². The monoisotopic (exact) mass is 442 g/mol. The van der Waals surface area contributed by atoms with Crippen LogP contribution in [-0.4, -0.2) is 63.9 Å². The van der Waals surface area contributed by atoms with E-state index in [1.807, 2.05) is 0 Å². The van der Waals surface area contributed by atoms with E-state index in [0.29, 0.717) is 29.9 Å². The van der Waals surface area contributed by atoms with Gasteiger partial charge in [0.2, 0.25) is 0 Å². The SMILES string of the molecule is Cc1nn(C)c(C)c1N[S+](=O)(O)c1cc(F)c(CCCN2CCN(C)CC2)cc1F. The third-order valence-corrected chi connectivity index (χ3v) is 7.05. The van der Waals surface area contributed by atoms with Crippen LogP contribution in [0.4, 0.5) is 14.5 Å². The molecule has 10 heteroatoms. The Morgan fingerprint density at radius 1 is 1.13 bits per heavy atom. The molecule has 1 aliphatic rings. The third-order valence-electron chi connectivity index (χ3n) is 5.66. The molecule has 0 radical (unpaired) electrons. The van der Waals surface area contributed by atoms with E-state index >= 15 is 0 Å². The van der Waals surface area contributed by atoms with Gasteiger partial charge in [0, 0.05) is 39.3 Å². The highest BCUT2D eigenvalue weighted by Gasteiger charge is 2.36. The van der Waals surface area contributed by atoms with Gasteiger partial charge in [-0.25, -0.2) is 8.78 Å². The average Bonchev–Trinajstić information content (AvgIpc) is 2.91. The van der Waals surface area contributed by atoms with Crippen LogP contribution in [0.25, 0.3) is 0 Å². The second-order valence-corrected chi connectivity index (χ2v) is 9.62. The number of aromatic nitrogens is 2. The van der Waals surface area contributed by atoms with Gasteiger partial charge in [0.25, 0.3) is 4.90 Å². The van der Waals surface area contributed by atoms with Crippen LogP contribution in [-0.2, 0) is 28.1 Å². The van der Waals surface area contributed by atoms with Gasteiger partial charge in [0.05, 0.1) is 11.4 Å². The highest BCUT2D eigenvalue weighted by molar-refractivity contribution is 7.99. The minimum absolute atomic E-state index is 0.217. The molecule has 1 aromatic heterocycles.